The largest absolute Gasteiger partial charge is 0.463 e. The van der Waals surface area contributed by atoms with E-state index in [4.69, 9.17) is 14.5 Å². The highest BCUT2D eigenvalue weighted by Gasteiger charge is 1.99. The molecule has 0 aromatic carbocycles. The lowest BCUT2D eigenvalue weighted by atomic mass is 10.3. The van der Waals surface area contributed by atoms with Crippen molar-refractivity contribution in [2.24, 2.45) is 0 Å². The highest BCUT2D eigenvalue weighted by atomic mass is 32.7. The van der Waals surface area contributed by atoms with Crippen LogP contribution < -0.4 is 0 Å². The third kappa shape index (κ3) is 9.99. The van der Waals surface area contributed by atoms with E-state index in [1.54, 1.807) is 0 Å². The average Bonchev–Trinajstić information content (AvgIpc) is 2.15. The zero-order chi connectivity index (χ0) is 10.8. The predicted molar refractivity (Wildman–Crippen MR) is 58.8 cm³/mol. The summed E-state index contributed by atoms with van der Waals surface area (Å²) in [6.07, 6.45) is 3.76. The van der Waals surface area contributed by atoms with Crippen LogP contribution in [0.2, 0.25) is 0 Å². The maximum atomic E-state index is 10.6. The van der Waals surface area contributed by atoms with Gasteiger partial charge in [0.25, 0.3) is 0 Å². The summed E-state index contributed by atoms with van der Waals surface area (Å²) in [5.41, 5.74) is 0. The number of hydrogen-bond donors (Lipinski definition) is 2. The number of esters is 1. The van der Waals surface area contributed by atoms with Crippen LogP contribution in [0, 0.1) is 0 Å². The molecule has 0 aromatic heterocycles. The van der Waals surface area contributed by atoms with Crippen molar-refractivity contribution in [3.05, 3.63) is 12.7 Å². The Hall–Kier alpha value is -0.0900. The van der Waals surface area contributed by atoms with E-state index in [-0.39, 0.29) is 0 Å². The minimum absolute atomic E-state index is 0.395. The first-order chi connectivity index (χ1) is 6.66. The Balaban J connectivity index is 3.06. The van der Waals surface area contributed by atoms with Gasteiger partial charge in [0.1, 0.15) is 0 Å². The van der Waals surface area contributed by atoms with E-state index >= 15 is 0 Å². The van der Waals surface area contributed by atoms with Gasteiger partial charge in [-0.3, -0.25) is 0 Å². The zero-order valence-electron chi connectivity index (χ0n) is 7.89. The van der Waals surface area contributed by atoms with Crippen LogP contribution in [0.4, 0.5) is 0 Å². The number of carbonyl (C=O) groups is 1. The lowest BCUT2D eigenvalue weighted by molar-refractivity contribution is -0.137. The molecule has 0 fully saturated rings. The van der Waals surface area contributed by atoms with Gasteiger partial charge in [-0.2, -0.15) is 0 Å². The lowest BCUT2D eigenvalue weighted by Gasteiger charge is -2.02. The molecule has 4 nitrogen and oxygen atoms in total. The van der Waals surface area contributed by atoms with Crippen molar-refractivity contribution in [2.45, 2.75) is 19.3 Å². The molecule has 0 spiro atoms. The summed E-state index contributed by atoms with van der Waals surface area (Å²) in [5.74, 6) is 0.335. The van der Waals surface area contributed by atoms with Crippen molar-refractivity contribution in [3.8, 4) is 0 Å². The minimum atomic E-state index is -1.82. The van der Waals surface area contributed by atoms with Gasteiger partial charge < -0.3 is 14.5 Å². The Kier molecular flexibility index (Phi) is 9.40. The molecule has 0 bridgehead atoms. The number of carbonyl (C=O) groups excluding carboxylic acids is 1. The summed E-state index contributed by atoms with van der Waals surface area (Å²) < 4.78 is 4.76. The van der Waals surface area contributed by atoms with E-state index in [0.29, 0.717) is 6.61 Å². The van der Waals surface area contributed by atoms with Gasteiger partial charge >= 0.3 is 5.97 Å². The van der Waals surface area contributed by atoms with E-state index in [2.05, 4.69) is 6.58 Å². The van der Waals surface area contributed by atoms with Crippen molar-refractivity contribution in [1.29, 1.82) is 0 Å². The number of hydrogen-bond acceptors (Lipinski definition) is 5. The molecule has 0 atom stereocenters. The third-order valence-corrected chi connectivity index (χ3v) is 3.35. The molecule has 0 rings (SSSR count). The molecular weight excluding hydrogens is 223 g/mol. The molecule has 0 radical (unpaired) electrons. The zero-order valence-corrected chi connectivity index (χ0v) is 9.60. The summed E-state index contributed by atoms with van der Waals surface area (Å²) in [5, 5.41) is 0. The second-order valence-corrected chi connectivity index (χ2v) is 5.44. The maximum absolute atomic E-state index is 10.6. The molecule has 0 aliphatic carbocycles. The molecule has 0 unspecified atom stereocenters. The fourth-order valence-corrected chi connectivity index (χ4v) is 2.13. The Morgan fingerprint density at radius 2 is 2.14 bits per heavy atom. The first-order valence-corrected chi connectivity index (χ1v) is 7.10. The minimum Gasteiger partial charge on any atom is -0.463 e. The van der Waals surface area contributed by atoms with Crippen molar-refractivity contribution in [3.63, 3.8) is 0 Å². The fraction of sp³-hybridized carbons (Fsp3) is 0.625. The SMILES string of the molecule is C=CC(=O)OCCCCCSP(O)O. The van der Waals surface area contributed by atoms with Crippen LogP contribution >= 0.6 is 19.0 Å². The first kappa shape index (κ1) is 13.9. The maximum Gasteiger partial charge on any atom is 0.330 e. The Morgan fingerprint density at radius 1 is 1.43 bits per heavy atom. The molecule has 0 aliphatic heterocycles. The molecule has 0 aliphatic rings. The smallest absolute Gasteiger partial charge is 0.330 e. The van der Waals surface area contributed by atoms with Crippen molar-refractivity contribution in [1.82, 2.24) is 0 Å². The first-order valence-electron chi connectivity index (χ1n) is 4.27. The van der Waals surface area contributed by atoms with Crippen LogP contribution in [0.1, 0.15) is 19.3 Å². The molecule has 14 heavy (non-hydrogen) atoms. The van der Waals surface area contributed by atoms with Gasteiger partial charge in [0, 0.05) is 11.8 Å². The molecular formula is C8H15O4PS. The van der Waals surface area contributed by atoms with Crippen LogP contribution in [0.15, 0.2) is 12.7 Å². The van der Waals surface area contributed by atoms with Gasteiger partial charge in [0.2, 0.25) is 7.58 Å². The van der Waals surface area contributed by atoms with Crippen LogP contribution in [-0.4, -0.2) is 28.1 Å². The van der Waals surface area contributed by atoms with Crippen molar-refractivity contribution < 1.29 is 19.3 Å². The predicted octanol–water partition coefficient (Wildman–Crippen LogP) is 1.83. The van der Waals surface area contributed by atoms with Gasteiger partial charge in [-0.05, 0) is 19.3 Å². The molecule has 0 saturated carbocycles. The van der Waals surface area contributed by atoms with Gasteiger partial charge in [0.15, 0.2) is 0 Å². The average molecular weight is 238 g/mol. The van der Waals surface area contributed by atoms with Crippen LogP contribution in [0.5, 0.6) is 0 Å². The number of ether oxygens (including phenoxy) is 1. The third-order valence-electron chi connectivity index (χ3n) is 1.41. The van der Waals surface area contributed by atoms with Gasteiger partial charge in [-0.15, -0.1) is 0 Å². The summed E-state index contributed by atoms with van der Waals surface area (Å²) in [6.45, 7) is 3.68. The molecule has 0 heterocycles. The Bertz CT molecular complexity index is 175. The van der Waals surface area contributed by atoms with Gasteiger partial charge in [-0.1, -0.05) is 18.0 Å². The van der Waals surface area contributed by atoms with E-state index in [0.717, 1.165) is 42.5 Å². The van der Waals surface area contributed by atoms with Crippen LogP contribution in [0.25, 0.3) is 0 Å². The van der Waals surface area contributed by atoms with Crippen LogP contribution in [0.3, 0.4) is 0 Å². The number of rotatable bonds is 8. The second kappa shape index (κ2) is 9.46. The highest BCUT2D eigenvalue weighted by Crippen LogP contribution is 2.40. The summed E-state index contributed by atoms with van der Waals surface area (Å²) >= 11 is 1.15. The summed E-state index contributed by atoms with van der Waals surface area (Å²) in [6, 6.07) is 0. The Morgan fingerprint density at radius 3 is 2.71 bits per heavy atom. The number of unbranched alkanes of at least 4 members (excludes halogenated alkanes) is 2. The summed E-state index contributed by atoms with van der Waals surface area (Å²) in [7, 11) is -1.82. The molecule has 0 aromatic rings. The lowest BCUT2D eigenvalue weighted by Crippen LogP contribution is -2.01. The van der Waals surface area contributed by atoms with Gasteiger partial charge in [-0.25, -0.2) is 4.79 Å². The standard InChI is InChI=1S/C8H15O4PS/c1-2-8(9)12-6-4-3-5-7-14-13(10)11/h2,10-11H,1,3-7H2. The fourth-order valence-electron chi connectivity index (χ4n) is 0.759. The van der Waals surface area contributed by atoms with E-state index in [9.17, 15) is 4.79 Å². The highest BCUT2D eigenvalue weighted by molar-refractivity contribution is 8.52. The Labute approximate surface area is 89.0 Å². The molecule has 0 saturated heterocycles. The monoisotopic (exact) mass is 238 g/mol. The normalized spacial score (nSPS) is 10.2. The van der Waals surface area contributed by atoms with Crippen molar-refractivity contribution in [2.75, 3.05) is 12.4 Å². The van der Waals surface area contributed by atoms with Gasteiger partial charge in [0.05, 0.1) is 6.61 Å². The topological polar surface area (TPSA) is 66.8 Å². The van der Waals surface area contributed by atoms with Crippen molar-refractivity contribution >= 4 is 24.9 Å². The van der Waals surface area contributed by atoms with E-state index < -0.39 is 13.5 Å². The van der Waals surface area contributed by atoms with Crippen LogP contribution in [-0.2, 0) is 9.53 Å². The van der Waals surface area contributed by atoms with E-state index in [1.807, 2.05) is 0 Å². The molecule has 0 amide bonds. The quantitative estimate of drug-likeness (QED) is 0.292. The van der Waals surface area contributed by atoms with E-state index in [1.165, 1.54) is 0 Å². The molecule has 6 heteroatoms. The summed E-state index contributed by atoms with van der Waals surface area (Å²) in [4.78, 5) is 27.7. The second-order valence-electron chi connectivity index (χ2n) is 2.52. The molecule has 2 N–H and O–H groups in total. The molecule has 82 valence electrons.